The van der Waals surface area contributed by atoms with E-state index in [0.717, 1.165) is 22.6 Å². The highest BCUT2D eigenvalue weighted by molar-refractivity contribution is 5.99. The Bertz CT molecular complexity index is 683. The van der Waals surface area contributed by atoms with E-state index in [9.17, 15) is 4.79 Å². The summed E-state index contributed by atoms with van der Waals surface area (Å²) in [4.78, 5) is 14.3. The van der Waals surface area contributed by atoms with Gasteiger partial charge in [0, 0.05) is 6.04 Å². The quantitative estimate of drug-likeness (QED) is 0.947. The molecule has 4 nitrogen and oxygen atoms in total. The molecule has 0 radical (unpaired) electrons. The number of fused-ring (bicyclic) bond motifs is 1. The first-order valence-electron chi connectivity index (χ1n) is 7.48. The standard InChI is InChI=1S/C18H20N2O2/c1-12(19)15-8-9-17-16(10-15)20(18(21)13(2)22-17)11-14-6-4-3-5-7-14/h3-10,12-13H,11,19H2,1-2H3. The van der Waals surface area contributed by atoms with Crippen LogP contribution >= 0.6 is 0 Å². The molecule has 3 rings (SSSR count). The molecule has 1 aliphatic rings. The third kappa shape index (κ3) is 2.70. The van der Waals surface area contributed by atoms with Gasteiger partial charge in [0.05, 0.1) is 12.2 Å². The van der Waals surface area contributed by atoms with Gasteiger partial charge in [-0.1, -0.05) is 36.4 Å². The lowest BCUT2D eigenvalue weighted by Crippen LogP contribution is -2.44. The number of amides is 1. The molecule has 0 bridgehead atoms. The highest BCUT2D eigenvalue weighted by Gasteiger charge is 2.31. The molecule has 0 aliphatic carbocycles. The zero-order chi connectivity index (χ0) is 15.7. The van der Waals surface area contributed by atoms with E-state index in [1.165, 1.54) is 0 Å². The Morgan fingerprint density at radius 2 is 1.95 bits per heavy atom. The largest absolute Gasteiger partial charge is 0.479 e. The fourth-order valence-corrected chi connectivity index (χ4v) is 2.64. The van der Waals surface area contributed by atoms with Crippen LogP contribution < -0.4 is 15.4 Å². The van der Waals surface area contributed by atoms with Gasteiger partial charge in [0.2, 0.25) is 0 Å². The number of carbonyl (C=O) groups is 1. The van der Waals surface area contributed by atoms with Crippen LogP contribution in [0, 0.1) is 0 Å². The third-order valence-corrected chi connectivity index (χ3v) is 3.90. The van der Waals surface area contributed by atoms with E-state index < -0.39 is 6.10 Å². The minimum absolute atomic E-state index is 0.0295. The fraction of sp³-hybridized carbons (Fsp3) is 0.278. The van der Waals surface area contributed by atoms with E-state index in [0.29, 0.717) is 6.54 Å². The van der Waals surface area contributed by atoms with Gasteiger partial charge < -0.3 is 15.4 Å². The summed E-state index contributed by atoms with van der Waals surface area (Å²) in [6.07, 6.45) is -0.475. The molecular weight excluding hydrogens is 276 g/mol. The van der Waals surface area contributed by atoms with Gasteiger partial charge in [0.25, 0.3) is 5.91 Å². The van der Waals surface area contributed by atoms with Crippen LogP contribution in [0.5, 0.6) is 5.75 Å². The van der Waals surface area contributed by atoms with Crippen molar-refractivity contribution >= 4 is 11.6 Å². The van der Waals surface area contributed by atoms with Crippen LogP contribution in [0.2, 0.25) is 0 Å². The Hall–Kier alpha value is -2.33. The molecule has 22 heavy (non-hydrogen) atoms. The number of anilines is 1. The SMILES string of the molecule is CC1Oc2ccc(C(C)N)cc2N(Cc2ccccc2)C1=O. The van der Waals surface area contributed by atoms with Crippen molar-refractivity contribution in [3.63, 3.8) is 0 Å². The van der Waals surface area contributed by atoms with E-state index in [1.54, 1.807) is 11.8 Å². The summed E-state index contributed by atoms with van der Waals surface area (Å²) in [5.74, 6) is 0.700. The monoisotopic (exact) mass is 296 g/mol. The molecule has 0 fully saturated rings. The van der Waals surface area contributed by atoms with Gasteiger partial charge in [-0.15, -0.1) is 0 Å². The molecule has 2 unspecified atom stereocenters. The zero-order valence-corrected chi connectivity index (χ0v) is 12.8. The molecule has 1 heterocycles. The summed E-state index contributed by atoms with van der Waals surface area (Å²) in [6, 6.07) is 15.7. The predicted molar refractivity (Wildman–Crippen MR) is 86.8 cm³/mol. The minimum Gasteiger partial charge on any atom is -0.479 e. The molecule has 2 aromatic rings. The molecule has 2 aromatic carbocycles. The summed E-state index contributed by atoms with van der Waals surface area (Å²) in [7, 11) is 0. The van der Waals surface area contributed by atoms with E-state index in [4.69, 9.17) is 10.5 Å². The Kier molecular flexibility index (Phi) is 3.86. The van der Waals surface area contributed by atoms with Crippen LogP contribution in [0.3, 0.4) is 0 Å². The number of rotatable bonds is 3. The molecule has 4 heteroatoms. The molecule has 2 N–H and O–H groups in total. The minimum atomic E-state index is -0.475. The average molecular weight is 296 g/mol. The first-order chi connectivity index (χ1) is 10.6. The van der Waals surface area contributed by atoms with Crippen LogP contribution in [-0.4, -0.2) is 12.0 Å². The lowest BCUT2D eigenvalue weighted by Gasteiger charge is -2.33. The highest BCUT2D eigenvalue weighted by atomic mass is 16.5. The molecule has 1 aliphatic heterocycles. The van der Waals surface area contributed by atoms with Crippen molar-refractivity contribution in [1.29, 1.82) is 0 Å². The number of nitrogens with two attached hydrogens (primary N) is 1. The molecular formula is C18H20N2O2. The van der Waals surface area contributed by atoms with Gasteiger partial charge in [-0.05, 0) is 37.1 Å². The van der Waals surface area contributed by atoms with Crippen molar-refractivity contribution < 1.29 is 9.53 Å². The van der Waals surface area contributed by atoms with E-state index in [1.807, 2.05) is 55.5 Å². The van der Waals surface area contributed by atoms with Gasteiger partial charge in [0.1, 0.15) is 5.75 Å². The van der Waals surface area contributed by atoms with E-state index >= 15 is 0 Å². The second-order valence-corrected chi connectivity index (χ2v) is 5.69. The number of nitrogens with zero attached hydrogens (tertiary/aromatic N) is 1. The number of ether oxygens (including phenoxy) is 1. The normalized spacial score (nSPS) is 18.6. The average Bonchev–Trinajstić information content (AvgIpc) is 2.52. The Balaban J connectivity index is 2.01. The van der Waals surface area contributed by atoms with Crippen LogP contribution in [0.4, 0.5) is 5.69 Å². The first-order valence-corrected chi connectivity index (χ1v) is 7.48. The fourth-order valence-electron chi connectivity index (χ4n) is 2.64. The van der Waals surface area contributed by atoms with Gasteiger partial charge in [-0.2, -0.15) is 0 Å². The summed E-state index contributed by atoms with van der Waals surface area (Å²) >= 11 is 0. The highest BCUT2D eigenvalue weighted by Crippen LogP contribution is 2.36. The second kappa shape index (κ2) is 5.81. The molecule has 0 spiro atoms. The summed E-state index contributed by atoms with van der Waals surface area (Å²) in [5.41, 5.74) is 8.83. The van der Waals surface area contributed by atoms with Crippen molar-refractivity contribution in [2.45, 2.75) is 32.5 Å². The van der Waals surface area contributed by atoms with Gasteiger partial charge in [-0.25, -0.2) is 0 Å². The Labute approximate surface area is 130 Å². The van der Waals surface area contributed by atoms with E-state index in [2.05, 4.69) is 0 Å². The lowest BCUT2D eigenvalue weighted by atomic mass is 10.0. The van der Waals surface area contributed by atoms with Gasteiger partial charge in [-0.3, -0.25) is 4.79 Å². The summed E-state index contributed by atoms with van der Waals surface area (Å²) < 4.78 is 5.71. The second-order valence-electron chi connectivity index (χ2n) is 5.69. The molecule has 2 atom stereocenters. The molecule has 0 aromatic heterocycles. The first kappa shape index (κ1) is 14.6. The number of hydrogen-bond acceptors (Lipinski definition) is 3. The number of hydrogen-bond donors (Lipinski definition) is 1. The third-order valence-electron chi connectivity index (χ3n) is 3.90. The maximum atomic E-state index is 12.5. The Morgan fingerprint density at radius 3 is 2.64 bits per heavy atom. The Morgan fingerprint density at radius 1 is 1.23 bits per heavy atom. The van der Waals surface area contributed by atoms with Crippen LogP contribution in [0.15, 0.2) is 48.5 Å². The van der Waals surface area contributed by atoms with Crippen molar-refractivity contribution in [1.82, 2.24) is 0 Å². The maximum absolute atomic E-state index is 12.5. The van der Waals surface area contributed by atoms with Gasteiger partial charge >= 0.3 is 0 Å². The maximum Gasteiger partial charge on any atom is 0.268 e. The smallest absolute Gasteiger partial charge is 0.268 e. The number of carbonyl (C=O) groups excluding carboxylic acids is 1. The molecule has 1 amide bonds. The van der Waals surface area contributed by atoms with Crippen molar-refractivity contribution in [2.24, 2.45) is 5.73 Å². The van der Waals surface area contributed by atoms with Crippen LogP contribution in [-0.2, 0) is 11.3 Å². The van der Waals surface area contributed by atoms with Gasteiger partial charge in [0.15, 0.2) is 6.10 Å². The molecule has 0 saturated heterocycles. The number of benzene rings is 2. The van der Waals surface area contributed by atoms with Crippen LogP contribution in [0.1, 0.15) is 31.0 Å². The lowest BCUT2D eigenvalue weighted by molar-refractivity contribution is -0.125. The predicted octanol–water partition coefficient (Wildman–Crippen LogP) is 3.02. The van der Waals surface area contributed by atoms with Crippen molar-refractivity contribution in [3.05, 3.63) is 59.7 Å². The molecule has 0 saturated carbocycles. The van der Waals surface area contributed by atoms with Crippen molar-refractivity contribution in [3.8, 4) is 5.75 Å². The van der Waals surface area contributed by atoms with E-state index in [-0.39, 0.29) is 11.9 Å². The summed E-state index contributed by atoms with van der Waals surface area (Å²) in [5, 5.41) is 0. The topological polar surface area (TPSA) is 55.6 Å². The molecule has 114 valence electrons. The van der Waals surface area contributed by atoms with Crippen molar-refractivity contribution in [2.75, 3.05) is 4.90 Å². The van der Waals surface area contributed by atoms with Crippen LogP contribution in [0.25, 0.3) is 0 Å². The zero-order valence-electron chi connectivity index (χ0n) is 12.8. The summed E-state index contributed by atoms with van der Waals surface area (Å²) in [6.45, 7) is 4.24.